The Labute approximate surface area is 113 Å². The lowest BCUT2D eigenvalue weighted by atomic mass is 9.96. The summed E-state index contributed by atoms with van der Waals surface area (Å²) in [4.78, 5) is 14.2. The van der Waals surface area contributed by atoms with Crippen LogP contribution in [0, 0.1) is 6.92 Å². The third-order valence-corrected chi connectivity index (χ3v) is 3.68. The van der Waals surface area contributed by atoms with Crippen LogP contribution >= 0.6 is 0 Å². The molecule has 3 N–H and O–H groups in total. The normalized spacial score (nSPS) is 24.4. The fourth-order valence-corrected chi connectivity index (χ4v) is 2.64. The van der Waals surface area contributed by atoms with Gasteiger partial charge in [-0.2, -0.15) is 0 Å². The number of anilines is 1. The minimum Gasteiger partial charge on any atom is -0.338 e. The van der Waals surface area contributed by atoms with E-state index in [1.165, 1.54) is 6.42 Å². The largest absolute Gasteiger partial charge is 0.338 e. The monoisotopic (exact) mass is 266 g/mol. The number of aromatic nitrogens is 1. The number of piperidine rings is 1. The van der Waals surface area contributed by atoms with Gasteiger partial charge < -0.3 is 10.3 Å². The first-order chi connectivity index (χ1) is 9.10. The van der Waals surface area contributed by atoms with E-state index in [0.717, 1.165) is 18.5 Å². The Hall–Kier alpha value is -1.40. The molecule has 2 rings (SSSR count). The number of nitrogens with zero attached hydrogens (tertiary/aromatic N) is 2. The van der Waals surface area contributed by atoms with Crippen LogP contribution in [0.3, 0.4) is 0 Å². The van der Waals surface area contributed by atoms with Crippen molar-refractivity contribution in [3.8, 4) is 0 Å². The first-order valence-electron chi connectivity index (χ1n) is 6.79. The zero-order chi connectivity index (χ0) is 13.8. The number of rotatable bonds is 4. The number of aryl methyl sites for hydroxylation is 1. The summed E-state index contributed by atoms with van der Waals surface area (Å²) in [5, 5.41) is 6.46. The van der Waals surface area contributed by atoms with Crippen molar-refractivity contribution in [3.63, 3.8) is 0 Å². The van der Waals surface area contributed by atoms with Crippen LogP contribution in [-0.2, 0) is 4.79 Å². The number of carbonyl (C=O) groups is 1. The van der Waals surface area contributed by atoms with Crippen LogP contribution in [0.15, 0.2) is 10.6 Å². The molecule has 0 aliphatic carbocycles. The average molecular weight is 266 g/mol. The SMILES string of the molecule is Cc1cc(NC(=O)CN2C(C)CCCC2CN)on1. The molecule has 0 spiro atoms. The minimum atomic E-state index is -0.0802. The molecule has 1 saturated heterocycles. The van der Waals surface area contributed by atoms with Crippen LogP contribution in [0.2, 0.25) is 0 Å². The molecular weight excluding hydrogens is 244 g/mol. The molecule has 0 saturated carbocycles. The lowest BCUT2D eigenvalue weighted by Crippen LogP contribution is -2.51. The van der Waals surface area contributed by atoms with E-state index in [2.05, 4.69) is 22.3 Å². The molecule has 1 aliphatic rings. The standard InChI is InChI=1S/C13H22N4O2/c1-9-6-13(19-16-9)15-12(18)8-17-10(2)4-3-5-11(17)7-14/h6,10-11H,3-5,7-8,14H2,1-2H3,(H,15,18). The van der Waals surface area contributed by atoms with Crippen LogP contribution in [0.5, 0.6) is 0 Å². The van der Waals surface area contributed by atoms with Gasteiger partial charge in [0, 0.05) is 24.7 Å². The summed E-state index contributed by atoms with van der Waals surface area (Å²) in [7, 11) is 0. The van der Waals surface area contributed by atoms with Crippen molar-refractivity contribution >= 4 is 11.8 Å². The van der Waals surface area contributed by atoms with Crippen LogP contribution in [0.4, 0.5) is 5.88 Å². The Balaban J connectivity index is 1.92. The minimum absolute atomic E-state index is 0.0802. The van der Waals surface area contributed by atoms with Crippen molar-refractivity contribution in [3.05, 3.63) is 11.8 Å². The summed E-state index contributed by atoms with van der Waals surface area (Å²) < 4.78 is 4.98. The lowest BCUT2D eigenvalue weighted by molar-refractivity contribution is -0.119. The zero-order valence-electron chi connectivity index (χ0n) is 11.6. The van der Waals surface area contributed by atoms with E-state index in [1.54, 1.807) is 6.07 Å². The zero-order valence-corrected chi connectivity index (χ0v) is 11.6. The molecule has 0 bridgehead atoms. The lowest BCUT2D eigenvalue weighted by Gasteiger charge is -2.39. The third kappa shape index (κ3) is 3.54. The Morgan fingerprint density at radius 1 is 1.63 bits per heavy atom. The summed E-state index contributed by atoms with van der Waals surface area (Å²) in [6, 6.07) is 2.40. The molecule has 2 heterocycles. The molecule has 1 fully saturated rings. The number of hydrogen-bond acceptors (Lipinski definition) is 5. The highest BCUT2D eigenvalue weighted by Gasteiger charge is 2.28. The predicted octanol–water partition coefficient (Wildman–Crippen LogP) is 1.12. The van der Waals surface area contributed by atoms with Crippen molar-refractivity contribution in [2.24, 2.45) is 5.73 Å². The number of nitrogens with two attached hydrogens (primary N) is 1. The molecule has 1 aromatic rings. The number of carbonyl (C=O) groups excluding carboxylic acids is 1. The highest BCUT2D eigenvalue weighted by atomic mass is 16.5. The van der Waals surface area contributed by atoms with Gasteiger partial charge in [0.15, 0.2) is 0 Å². The predicted molar refractivity (Wildman–Crippen MR) is 72.7 cm³/mol. The molecule has 6 heteroatoms. The Bertz CT molecular complexity index is 432. The maximum absolute atomic E-state index is 12.0. The van der Waals surface area contributed by atoms with Crippen molar-refractivity contribution in [2.45, 2.75) is 45.2 Å². The summed E-state index contributed by atoms with van der Waals surface area (Å²) in [5.74, 6) is 0.319. The Morgan fingerprint density at radius 2 is 2.42 bits per heavy atom. The second-order valence-corrected chi connectivity index (χ2v) is 5.22. The summed E-state index contributed by atoms with van der Waals surface area (Å²) in [6.45, 7) is 4.91. The van der Waals surface area contributed by atoms with E-state index < -0.39 is 0 Å². The highest BCUT2D eigenvalue weighted by Crippen LogP contribution is 2.22. The maximum atomic E-state index is 12.0. The third-order valence-electron chi connectivity index (χ3n) is 3.68. The average Bonchev–Trinajstić information content (AvgIpc) is 2.77. The van der Waals surface area contributed by atoms with Crippen LogP contribution in [0.1, 0.15) is 31.9 Å². The molecule has 0 aromatic carbocycles. The van der Waals surface area contributed by atoms with E-state index in [0.29, 0.717) is 31.1 Å². The summed E-state index contributed by atoms with van der Waals surface area (Å²) in [5.41, 5.74) is 6.54. The smallest absolute Gasteiger partial charge is 0.240 e. The van der Waals surface area contributed by atoms with Crippen molar-refractivity contribution in [1.82, 2.24) is 10.1 Å². The van der Waals surface area contributed by atoms with Gasteiger partial charge in [-0.05, 0) is 26.7 Å². The first kappa shape index (κ1) is 14.0. The number of likely N-dealkylation sites (tertiary alicyclic amines) is 1. The molecular formula is C13H22N4O2. The fourth-order valence-electron chi connectivity index (χ4n) is 2.64. The number of amides is 1. The molecule has 1 amide bonds. The highest BCUT2D eigenvalue weighted by molar-refractivity contribution is 5.91. The first-order valence-corrected chi connectivity index (χ1v) is 6.79. The van der Waals surface area contributed by atoms with E-state index in [9.17, 15) is 4.79 Å². The molecule has 1 aliphatic heterocycles. The topological polar surface area (TPSA) is 84.4 Å². The van der Waals surface area contributed by atoms with Gasteiger partial charge in [0.25, 0.3) is 0 Å². The summed E-state index contributed by atoms with van der Waals surface area (Å²) >= 11 is 0. The van der Waals surface area contributed by atoms with Gasteiger partial charge in [-0.3, -0.25) is 15.0 Å². The molecule has 0 radical (unpaired) electrons. The molecule has 19 heavy (non-hydrogen) atoms. The van der Waals surface area contributed by atoms with Crippen LogP contribution in [-0.4, -0.2) is 41.1 Å². The van der Waals surface area contributed by atoms with Crippen LogP contribution in [0.25, 0.3) is 0 Å². The Kier molecular flexibility index (Phi) is 4.55. The van der Waals surface area contributed by atoms with Crippen molar-refractivity contribution in [2.75, 3.05) is 18.4 Å². The van der Waals surface area contributed by atoms with Gasteiger partial charge in [0.05, 0.1) is 12.2 Å². The van der Waals surface area contributed by atoms with Gasteiger partial charge in [-0.15, -0.1) is 0 Å². The second kappa shape index (κ2) is 6.16. The number of nitrogens with one attached hydrogen (secondary N) is 1. The van der Waals surface area contributed by atoms with Crippen molar-refractivity contribution in [1.29, 1.82) is 0 Å². The van der Waals surface area contributed by atoms with E-state index >= 15 is 0 Å². The quantitative estimate of drug-likeness (QED) is 0.853. The molecule has 2 unspecified atom stereocenters. The fraction of sp³-hybridized carbons (Fsp3) is 0.692. The number of hydrogen-bond donors (Lipinski definition) is 2. The van der Waals surface area contributed by atoms with Gasteiger partial charge in [0.1, 0.15) is 0 Å². The molecule has 1 aromatic heterocycles. The van der Waals surface area contributed by atoms with Crippen molar-refractivity contribution < 1.29 is 9.32 Å². The Morgan fingerprint density at radius 3 is 3.05 bits per heavy atom. The molecule has 6 nitrogen and oxygen atoms in total. The van der Waals surface area contributed by atoms with Crippen LogP contribution < -0.4 is 11.1 Å². The molecule has 2 atom stereocenters. The summed E-state index contributed by atoms with van der Waals surface area (Å²) in [6.07, 6.45) is 3.36. The molecule has 106 valence electrons. The van der Waals surface area contributed by atoms with Gasteiger partial charge >= 0.3 is 0 Å². The van der Waals surface area contributed by atoms with E-state index in [-0.39, 0.29) is 5.91 Å². The maximum Gasteiger partial charge on any atom is 0.240 e. The second-order valence-electron chi connectivity index (χ2n) is 5.22. The van der Waals surface area contributed by atoms with E-state index in [4.69, 9.17) is 10.3 Å². The van der Waals surface area contributed by atoms with Gasteiger partial charge in [-0.1, -0.05) is 11.6 Å². The van der Waals surface area contributed by atoms with Gasteiger partial charge in [0.2, 0.25) is 11.8 Å². The van der Waals surface area contributed by atoms with Gasteiger partial charge in [-0.25, -0.2) is 0 Å². The van der Waals surface area contributed by atoms with E-state index in [1.807, 2.05) is 6.92 Å².